The highest BCUT2D eigenvalue weighted by Gasteiger charge is 2.53. The van der Waals surface area contributed by atoms with Crippen LogP contribution in [0.5, 0.6) is 0 Å². The van der Waals surface area contributed by atoms with Gasteiger partial charge in [-0.25, -0.2) is 13.1 Å². The third kappa shape index (κ3) is 2.92. The van der Waals surface area contributed by atoms with Crippen LogP contribution in [0.1, 0.15) is 32.1 Å². The molecule has 88 valence electrons. The van der Waals surface area contributed by atoms with E-state index < -0.39 is 10.0 Å². The monoisotopic (exact) mass is 232 g/mol. The largest absolute Gasteiger partial charge is 0.330 e. The van der Waals surface area contributed by atoms with Gasteiger partial charge in [-0.1, -0.05) is 0 Å². The number of hydrogen-bond donors (Lipinski definition) is 2. The molecule has 0 aromatic heterocycles. The van der Waals surface area contributed by atoms with Crippen molar-refractivity contribution >= 4 is 10.0 Å². The second-order valence-electron chi connectivity index (χ2n) is 4.92. The smallest absolute Gasteiger partial charge is 0.211 e. The number of sulfonamides is 1. The molecule has 4 nitrogen and oxygen atoms in total. The highest BCUT2D eigenvalue weighted by atomic mass is 32.2. The molecule has 0 aromatic carbocycles. The molecule has 0 amide bonds. The number of rotatable bonds is 7. The van der Waals surface area contributed by atoms with E-state index in [9.17, 15) is 8.42 Å². The Hall–Kier alpha value is -0.130. The first-order valence-electron chi connectivity index (χ1n) is 5.75. The first kappa shape index (κ1) is 11.4. The van der Waals surface area contributed by atoms with Crippen molar-refractivity contribution in [3.63, 3.8) is 0 Å². The van der Waals surface area contributed by atoms with Crippen LogP contribution in [0.4, 0.5) is 0 Å². The van der Waals surface area contributed by atoms with Gasteiger partial charge in [-0.3, -0.25) is 0 Å². The van der Waals surface area contributed by atoms with Gasteiger partial charge in [0.1, 0.15) is 0 Å². The van der Waals surface area contributed by atoms with Crippen molar-refractivity contribution in [1.29, 1.82) is 0 Å². The third-order valence-corrected chi connectivity index (χ3v) is 5.01. The van der Waals surface area contributed by atoms with Crippen molar-refractivity contribution in [2.45, 2.75) is 32.1 Å². The van der Waals surface area contributed by atoms with E-state index in [2.05, 4.69) is 4.72 Å². The molecule has 0 bridgehead atoms. The van der Waals surface area contributed by atoms with Gasteiger partial charge < -0.3 is 5.73 Å². The van der Waals surface area contributed by atoms with Gasteiger partial charge in [0.25, 0.3) is 0 Å². The fraction of sp³-hybridized carbons (Fsp3) is 1.00. The Kier molecular flexibility index (Phi) is 3.05. The molecule has 0 radical (unpaired) electrons. The average Bonchev–Trinajstić information content (AvgIpc) is 3.02. The molecular weight excluding hydrogens is 212 g/mol. The van der Waals surface area contributed by atoms with Crippen molar-refractivity contribution in [2.24, 2.45) is 17.1 Å². The zero-order valence-electron chi connectivity index (χ0n) is 9.04. The predicted molar refractivity (Wildman–Crippen MR) is 59.9 cm³/mol. The van der Waals surface area contributed by atoms with E-state index in [0.29, 0.717) is 24.9 Å². The van der Waals surface area contributed by atoms with Crippen molar-refractivity contribution in [3.8, 4) is 0 Å². The van der Waals surface area contributed by atoms with Gasteiger partial charge in [0, 0.05) is 6.54 Å². The lowest BCUT2D eigenvalue weighted by atomic mass is 10.0. The molecule has 2 fully saturated rings. The summed E-state index contributed by atoms with van der Waals surface area (Å²) in [5.74, 6) is 0.972. The van der Waals surface area contributed by atoms with E-state index >= 15 is 0 Å². The van der Waals surface area contributed by atoms with Crippen LogP contribution in [0.15, 0.2) is 0 Å². The SMILES string of the molecule is NCCCS(=O)(=O)NCC1(C2CC2)CC1. The lowest BCUT2D eigenvalue weighted by Gasteiger charge is -2.14. The van der Waals surface area contributed by atoms with Gasteiger partial charge in [0.05, 0.1) is 5.75 Å². The van der Waals surface area contributed by atoms with Gasteiger partial charge in [-0.2, -0.15) is 0 Å². The number of nitrogens with one attached hydrogen (secondary N) is 1. The minimum atomic E-state index is -3.07. The number of nitrogens with two attached hydrogens (primary N) is 1. The fourth-order valence-electron chi connectivity index (χ4n) is 2.18. The van der Waals surface area contributed by atoms with Crippen LogP contribution in [0, 0.1) is 11.3 Å². The molecule has 5 heteroatoms. The van der Waals surface area contributed by atoms with Crippen LogP contribution in [0.3, 0.4) is 0 Å². The molecule has 0 spiro atoms. The van der Waals surface area contributed by atoms with Crippen LogP contribution in [0.25, 0.3) is 0 Å². The third-order valence-electron chi connectivity index (χ3n) is 3.60. The summed E-state index contributed by atoms with van der Waals surface area (Å²) in [7, 11) is -3.07. The summed E-state index contributed by atoms with van der Waals surface area (Å²) in [5.41, 5.74) is 5.64. The maximum atomic E-state index is 11.5. The molecule has 0 aliphatic heterocycles. The Morgan fingerprint density at radius 1 is 1.33 bits per heavy atom. The van der Waals surface area contributed by atoms with Crippen molar-refractivity contribution in [3.05, 3.63) is 0 Å². The molecule has 0 saturated heterocycles. The van der Waals surface area contributed by atoms with Gasteiger partial charge in [0.2, 0.25) is 10.0 Å². The summed E-state index contributed by atoms with van der Waals surface area (Å²) >= 11 is 0. The zero-order chi connectivity index (χ0) is 10.9. The molecule has 0 unspecified atom stereocenters. The lowest BCUT2D eigenvalue weighted by molar-refractivity contribution is 0.431. The maximum absolute atomic E-state index is 11.5. The summed E-state index contributed by atoms with van der Waals surface area (Å²) in [4.78, 5) is 0. The average molecular weight is 232 g/mol. The van der Waals surface area contributed by atoms with Crippen LogP contribution < -0.4 is 10.5 Å². The molecule has 0 atom stereocenters. The molecule has 2 saturated carbocycles. The summed E-state index contributed by atoms with van der Waals surface area (Å²) < 4.78 is 25.8. The lowest BCUT2D eigenvalue weighted by Crippen LogP contribution is -2.33. The molecule has 2 aliphatic rings. The highest BCUT2D eigenvalue weighted by molar-refractivity contribution is 7.89. The second kappa shape index (κ2) is 4.03. The summed E-state index contributed by atoms with van der Waals surface area (Å²) in [5, 5.41) is 0. The van der Waals surface area contributed by atoms with Crippen molar-refractivity contribution < 1.29 is 8.42 Å². The van der Waals surface area contributed by atoms with Crippen LogP contribution >= 0.6 is 0 Å². The quantitative estimate of drug-likeness (QED) is 0.669. The van der Waals surface area contributed by atoms with Gasteiger partial charge in [-0.05, 0) is 50.0 Å². The molecule has 0 heterocycles. The van der Waals surface area contributed by atoms with E-state index in [0.717, 1.165) is 5.92 Å². The van der Waals surface area contributed by atoms with E-state index in [-0.39, 0.29) is 5.75 Å². The van der Waals surface area contributed by atoms with Crippen LogP contribution in [-0.4, -0.2) is 27.3 Å². The Bertz CT molecular complexity index is 318. The zero-order valence-corrected chi connectivity index (χ0v) is 9.85. The van der Waals surface area contributed by atoms with E-state index in [1.165, 1.54) is 25.7 Å². The fourth-order valence-corrected chi connectivity index (χ4v) is 3.38. The minimum Gasteiger partial charge on any atom is -0.330 e. The second-order valence-corrected chi connectivity index (χ2v) is 6.85. The van der Waals surface area contributed by atoms with E-state index in [1.807, 2.05) is 0 Å². The van der Waals surface area contributed by atoms with Gasteiger partial charge in [0.15, 0.2) is 0 Å². The minimum absolute atomic E-state index is 0.171. The maximum Gasteiger partial charge on any atom is 0.211 e. The Balaban J connectivity index is 1.77. The molecule has 3 N–H and O–H groups in total. The normalized spacial score (nSPS) is 24.1. The summed E-state index contributed by atoms with van der Waals surface area (Å²) in [6, 6.07) is 0. The Morgan fingerprint density at radius 3 is 2.47 bits per heavy atom. The van der Waals surface area contributed by atoms with E-state index in [4.69, 9.17) is 5.73 Å². The molecule has 2 aliphatic carbocycles. The molecule has 0 aromatic rings. The Labute approximate surface area is 91.7 Å². The molecular formula is C10H20N2O2S. The van der Waals surface area contributed by atoms with Gasteiger partial charge >= 0.3 is 0 Å². The van der Waals surface area contributed by atoms with Gasteiger partial charge in [-0.15, -0.1) is 0 Å². The van der Waals surface area contributed by atoms with E-state index in [1.54, 1.807) is 0 Å². The first-order valence-corrected chi connectivity index (χ1v) is 7.41. The van der Waals surface area contributed by atoms with Crippen LogP contribution in [0.2, 0.25) is 0 Å². The van der Waals surface area contributed by atoms with Crippen LogP contribution in [-0.2, 0) is 10.0 Å². The molecule has 2 rings (SSSR count). The highest BCUT2D eigenvalue weighted by Crippen LogP contribution is 2.60. The standard InChI is InChI=1S/C10H20N2O2S/c11-6-1-7-15(13,14)12-8-10(4-5-10)9-2-3-9/h9,12H,1-8,11H2. The summed E-state index contributed by atoms with van der Waals surface area (Å²) in [6.45, 7) is 1.10. The summed E-state index contributed by atoms with van der Waals surface area (Å²) in [6.07, 6.45) is 5.55. The topological polar surface area (TPSA) is 72.2 Å². The Morgan fingerprint density at radius 2 is 2.00 bits per heavy atom. The predicted octanol–water partition coefficient (Wildman–Crippen LogP) is 0.445. The number of hydrogen-bond acceptors (Lipinski definition) is 3. The molecule has 15 heavy (non-hydrogen) atoms. The first-order chi connectivity index (χ1) is 7.08. The van der Waals surface area contributed by atoms with Crippen molar-refractivity contribution in [1.82, 2.24) is 4.72 Å². The van der Waals surface area contributed by atoms with Crippen molar-refractivity contribution in [2.75, 3.05) is 18.8 Å².